The molecule has 3 atom stereocenters. The Bertz CT molecular complexity index is 785. The van der Waals surface area contributed by atoms with E-state index in [9.17, 15) is 9.18 Å². The minimum absolute atomic E-state index is 0.0972. The summed E-state index contributed by atoms with van der Waals surface area (Å²) in [6, 6.07) is 3.46. The van der Waals surface area contributed by atoms with Crippen molar-refractivity contribution >= 4 is 16.9 Å². The molecule has 22 heavy (non-hydrogen) atoms. The van der Waals surface area contributed by atoms with Gasteiger partial charge in [-0.25, -0.2) is 14.2 Å². The van der Waals surface area contributed by atoms with Crippen molar-refractivity contribution in [3.05, 3.63) is 28.3 Å². The molecule has 2 fully saturated rings. The van der Waals surface area contributed by atoms with Gasteiger partial charge in [0.2, 0.25) is 0 Å². The lowest BCUT2D eigenvalue weighted by atomic mass is 10.1. The zero-order valence-electron chi connectivity index (χ0n) is 12.0. The van der Waals surface area contributed by atoms with Crippen molar-refractivity contribution < 1.29 is 9.13 Å². The summed E-state index contributed by atoms with van der Waals surface area (Å²) in [5, 5.41) is 0.630. The first kappa shape index (κ1) is 13.6. The number of hydrogen-bond donors (Lipinski definition) is 1. The number of nitrogens with zero attached hydrogens (tertiary/aromatic N) is 3. The Morgan fingerprint density at radius 3 is 2.86 bits per heavy atom. The molecule has 1 saturated heterocycles. The predicted octanol–water partition coefficient (Wildman–Crippen LogP) is 1.55. The molecule has 0 spiro atoms. The lowest BCUT2D eigenvalue weighted by molar-refractivity contribution is 0.0589. The topological polar surface area (TPSA) is 83.0 Å². The summed E-state index contributed by atoms with van der Waals surface area (Å²) < 4.78 is 20.3. The van der Waals surface area contributed by atoms with Crippen molar-refractivity contribution in [2.24, 2.45) is 0 Å². The minimum atomic E-state index is -0.831. The van der Waals surface area contributed by atoms with Crippen LogP contribution >= 0.6 is 0 Å². The average molecular weight is 304 g/mol. The van der Waals surface area contributed by atoms with E-state index in [0.717, 1.165) is 12.8 Å². The first-order chi connectivity index (χ1) is 10.6. The standard InChI is InChI=1S/C15H17FN4O2/c16-11-6-10(11)12-4-3-9-13(17)19-15(21)20(14(9)18-12)8-2-1-5-22-7-8/h3-4,8,10-11H,1-2,5-7H2,(H2,17,19,21)/t8-,10-,11-/m1/s1. The first-order valence-corrected chi connectivity index (χ1v) is 7.55. The number of hydrogen-bond acceptors (Lipinski definition) is 5. The number of pyridine rings is 1. The molecule has 0 amide bonds. The molecule has 2 N–H and O–H groups in total. The van der Waals surface area contributed by atoms with Gasteiger partial charge in [-0.15, -0.1) is 0 Å². The van der Waals surface area contributed by atoms with Crippen molar-refractivity contribution in [1.82, 2.24) is 14.5 Å². The summed E-state index contributed by atoms with van der Waals surface area (Å²) in [4.78, 5) is 20.7. The largest absolute Gasteiger partial charge is 0.383 e. The summed E-state index contributed by atoms with van der Waals surface area (Å²) in [5.74, 6) is 0.00423. The molecule has 116 valence electrons. The van der Waals surface area contributed by atoms with Gasteiger partial charge in [0, 0.05) is 18.2 Å². The highest BCUT2D eigenvalue weighted by molar-refractivity contribution is 5.85. The lowest BCUT2D eigenvalue weighted by Crippen LogP contribution is -2.33. The number of halogens is 1. The van der Waals surface area contributed by atoms with E-state index in [2.05, 4.69) is 9.97 Å². The third kappa shape index (κ3) is 2.16. The van der Waals surface area contributed by atoms with Crippen molar-refractivity contribution in [1.29, 1.82) is 0 Å². The van der Waals surface area contributed by atoms with Crippen LogP contribution in [0.3, 0.4) is 0 Å². The Morgan fingerprint density at radius 2 is 2.18 bits per heavy atom. The summed E-state index contributed by atoms with van der Waals surface area (Å²) in [6.07, 6.45) is 1.39. The fraction of sp³-hybridized carbons (Fsp3) is 0.533. The van der Waals surface area contributed by atoms with Crippen LogP contribution in [0.2, 0.25) is 0 Å². The smallest absolute Gasteiger partial charge is 0.351 e. The second-order valence-corrected chi connectivity index (χ2v) is 5.99. The molecule has 2 aliphatic rings. The summed E-state index contributed by atoms with van der Waals surface area (Å²) in [6.45, 7) is 1.16. The number of ether oxygens (including phenoxy) is 1. The predicted molar refractivity (Wildman–Crippen MR) is 79.6 cm³/mol. The maximum atomic E-state index is 13.3. The van der Waals surface area contributed by atoms with Gasteiger partial charge in [-0.3, -0.25) is 4.57 Å². The maximum Gasteiger partial charge on any atom is 0.351 e. The second-order valence-electron chi connectivity index (χ2n) is 5.99. The Kier molecular flexibility index (Phi) is 3.11. The summed E-state index contributed by atoms with van der Waals surface area (Å²) >= 11 is 0. The quantitative estimate of drug-likeness (QED) is 0.910. The van der Waals surface area contributed by atoms with E-state index < -0.39 is 11.9 Å². The third-order valence-corrected chi connectivity index (χ3v) is 4.42. The van der Waals surface area contributed by atoms with Crippen molar-refractivity contribution in [3.8, 4) is 0 Å². The van der Waals surface area contributed by atoms with Crippen LogP contribution in [0.5, 0.6) is 0 Å². The van der Waals surface area contributed by atoms with E-state index in [4.69, 9.17) is 10.5 Å². The van der Waals surface area contributed by atoms with E-state index in [0.29, 0.717) is 36.4 Å². The normalized spacial score (nSPS) is 28.0. The molecule has 4 rings (SSSR count). The van der Waals surface area contributed by atoms with Crippen LogP contribution in [-0.2, 0) is 4.74 Å². The fourth-order valence-corrected chi connectivity index (χ4v) is 3.09. The van der Waals surface area contributed by atoms with Crippen LogP contribution in [0.4, 0.5) is 10.2 Å². The summed E-state index contributed by atoms with van der Waals surface area (Å²) in [5.41, 5.74) is 6.60. The van der Waals surface area contributed by atoms with Gasteiger partial charge >= 0.3 is 5.69 Å². The van der Waals surface area contributed by atoms with Gasteiger partial charge in [0.15, 0.2) is 0 Å². The van der Waals surface area contributed by atoms with Crippen LogP contribution in [0.1, 0.15) is 36.9 Å². The molecule has 2 aromatic heterocycles. The second kappa shape index (κ2) is 5.01. The van der Waals surface area contributed by atoms with E-state index in [1.54, 1.807) is 16.7 Å². The molecule has 3 heterocycles. The molecular formula is C15H17FN4O2. The molecule has 0 aromatic carbocycles. The van der Waals surface area contributed by atoms with Gasteiger partial charge in [0.1, 0.15) is 17.6 Å². The number of nitrogen functional groups attached to an aromatic ring is 1. The average Bonchev–Trinajstić information content (AvgIpc) is 3.25. The van der Waals surface area contributed by atoms with Crippen LogP contribution < -0.4 is 11.4 Å². The monoisotopic (exact) mass is 304 g/mol. The molecule has 0 radical (unpaired) electrons. The molecular weight excluding hydrogens is 287 g/mol. The zero-order chi connectivity index (χ0) is 15.3. The number of anilines is 1. The van der Waals surface area contributed by atoms with Gasteiger partial charge in [-0.05, 0) is 31.4 Å². The highest BCUT2D eigenvalue weighted by Gasteiger charge is 2.40. The highest BCUT2D eigenvalue weighted by atomic mass is 19.1. The van der Waals surface area contributed by atoms with E-state index in [1.165, 1.54) is 0 Å². The van der Waals surface area contributed by atoms with Gasteiger partial charge in [0.25, 0.3) is 0 Å². The molecule has 1 aliphatic heterocycles. The SMILES string of the molecule is Nc1nc(=O)n([C@@H]2CCCOC2)c2nc([C@@H]3C[C@H]3F)ccc12. The Morgan fingerprint density at radius 1 is 1.36 bits per heavy atom. The molecule has 0 unspecified atom stereocenters. The minimum Gasteiger partial charge on any atom is -0.383 e. The van der Waals surface area contributed by atoms with Gasteiger partial charge in [-0.2, -0.15) is 4.98 Å². The molecule has 1 saturated carbocycles. The van der Waals surface area contributed by atoms with Crippen molar-refractivity contribution in [2.45, 2.75) is 37.4 Å². The Labute approximate surface area is 126 Å². The van der Waals surface area contributed by atoms with Gasteiger partial charge < -0.3 is 10.5 Å². The van der Waals surface area contributed by atoms with E-state index in [1.807, 2.05) is 0 Å². The lowest BCUT2D eigenvalue weighted by Gasteiger charge is -2.25. The maximum absolute atomic E-state index is 13.3. The van der Waals surface area contributed by atoms with Gasteiger partial charge in [0.05, 0.1) is 18.0 Å². The van der Waals surface area contributed by atoms with Gasteiger partial charge in [-0.1, -0.05) is 0 Å². The summed E-state index contributed by atoms with van der Waals surface area (Å²) in [7, 11) is 0. The molecule has 0 bridgehead atoms. The van der Waals surface area contributed by atoms with E-state index in [-0.39, 0.29) is 17.8 Å². The number of rotatable bonds is 2. The Balaban J connectivity index is 1.90. The van der Waals surface area contributed by atoms with Crippen LogP contribution in [0.15, 0.2) is 16.9 Å². The van der Waals surface area contributed by atoms with Crippen molar-refractivity contribution in [2.75, 3.05) is 18.9 Å². The third-order valence-electron chi connectivity index (χ3n) is 4.42. The van der Waals surface area contributed by atoms with Crippen LogP contribution in [0.25, 0.3) is 11.0 Å². The number of fused-ring (bicyclic) bond motifs is 1. The zero-order valence-corrected chi connectivity index (χ0v) is 12.0. The highest BCUT2D eigenvalue weighted by Crippen LogP contribution is 2.43. The molecule has 2 aromatic rings. The molecule has 7 heteroatoms. The van der Waals surface area contributed by atoms with E-state index >= 15 is 0 Å². The molecule has 1 aliphatic carbocycles. The van der Waals surface area contributed by atoms with Crippen LogP contribution in [0, 0.1) is 0 Å². The number of aromatic nitrogens is 3. The Hall–Kier alpha value is -2.02. The van der Waals surface area contributed by atoms with Crippen LogP contribution in [-0.4, -0.2) is 33.9 Å². The number of nitrogens with two attached hydrogens (primary N) is 1. The fourth-order valence-electron chi connectivity index (χ4n) is 3.09. The first-order valence-electron chi connectivity index (χ1n) is 7.55. The molecule has 6 nitrogen and oxygen atoms in total. The number of alkyl halides is 1. The van der Waals surface area contributed by atoms with Crippen molar-refractivity contribution in [3.63, 3.8) is 0 Å².